The smallest absolute Gasteiger partial charge is 0.224 e. The third-order valence-corrected chi connectivity index (χ3v) is 8.45. The fourth-order valence-electron chi connectivity index (χ4n) is 2.40. The second kappa shape index (κ2) is 7.86. The lowest BCUT2D eigenvalue weighted by Gasteiger charge is -2.25. The maximum atomic E-state index is 12.9. The Balaban J connectivity index is 2.37. The van der Waals surface area contributed by atoms with Crippen molar-refractivity contribution < 1.29 is 16.8 Å². The molecule has 0 N–H and O–H groups in total. The summed E-state index contributed by atoms with van der Waals surface area (Å²) in [6.45, 7) is 3.24. The molecule has 26 heavy (non-hydrogen) atoms. The molecule has 0 heterocycles. The SMILES string of the molecule is CCS(=O)(=O)c1ccc(S(=O)(=O)N(C)C(C)c2ccc(Cl)cc2Cl)cc1. The van der Waals surface area contributed by atoms with E-state index in [-0.39, 0.29) is 15.5 Å². The van der Waals surface area contributed by atoms with Crippen molar-refractivity contribution in [3.63, 3.8) is 0 Å². The molecule has 0 fully saturated rings. The number of sulfonamides is 1. The predicted molar refractivity (Wildman–Crippen MR) is 104 cm³/mol. The molecular weight excluding hydrogens is 417 g/mol. The highest BCUT2D eigenvalue weighted by atomic mass is 35.5. The molecule has 0 aliphatic rings. The monoisotopic (exact) mass is 435 g/mol. The van der Waals surface area contributed by atoms with Crippen molar-refractivity contribution in [2.24, 2.45) is 0 Å². The lowest BCUT2D eigenvalue weighted by atomic mass is 10.1. The molecule has 0 amide bonds. The van der Waals surface area contributed by atoms with E-state index in [2.05, 4.69) is 0 Å². The Kier molecular flexibility index (Phi) is 6.40. The van der Waals surface area contributed by atoms with Crippen LogP contribution in [0.15, 0.2) is 52.3 Å². The normalized spacial score (nSPS) is 13.8. The topological polar surface area (TPSA) is 71.5 Å². The molecule has 0 aromatic heterocycles. The minimum atomic E-state index is -3.84. The number of halogens is 2. The van der Waals surface area contributed by atoms with Crippen molar-refractivity contribution in [1.82, 2.24) is 4.31 Å². The molecule has 142 valence electrons. The van der Waals surface area contributed by atoms with Gasteiger partial charge < -0.3 is 0 Å². The van der Waals surface area contributed by atoms with E-state index in [1.807, 2.05) is 0 Å². The molecular formula is C17H19Cl2NO4S2. The zero-order valence-electron chi connectivity index (χ0n) is 14.5. The van der Waals surface area contributed by atoms with Crippen molar-refractivity contribution >= 4 is 43.1 Å². The Hall–Kier alpha value is -1.12. The van der Waals surface area contributed by atoms with E-state index in [9.17, 15) is 16.8 Å². The third kappa shape index (κ3) is 4.23. The summed E-state index contributed by atoms with van der Waals surface area (Å²) in [5.41, 5.74) is 0.618. The van der Waals surface area contributed by atoms with E-state index in [0.717, 1.165) is 0 Å². The number of hydrogen-bond donors (Lipinski definition) is 0. The Morgan fingerprint density at radius 2 is 1.50 bits per heavy atom. The highest BCUT2D eigenvalue weighted by molar-refractivity contribution is 7.91. The maximum absolute atomic E-state index is 12.9. The Labute approximate surface area is 164 Å². The fourth-order valence-corrected chi connectivity index (χ4v) is 5.19. The van der Waals surface area contributed by atoms with Gasteiger partial charge >= 0.3 is 0 Å². The molecule has 1 atom stereocenters. The summed E-state index contributed by atoms with van der Waals surface area (Å²) in [6.07, 6.45) is 0. The highest BCUT2D eigenvalue weighted by Crippen LogP contribution is 2.32. The highest BCUT2D eigenvalue weighted by Gasteiger charge is 2.28. The van der Waals surface area contributed by atoms with Crippen LogP contribution in [0.25, 0.3) is 0 Å². The standard InChI is InChI=1S/C17H19Cl2NO4S2/c1-4-25(21,22)14-6-8-15(9-7-14)26(23,24)20(3)12(2)16-10-5-13(18)11-17(16)19/h5-12H,4H2,1-3H3. The van der Waals surface area contributed by atoms with Gasteiger partial charge in [-0.2, -0.15) is 4.31 Å². The van der Waals surface area contributed by atoms with Crippen molar-refractivity contribution in [1.29, 1.82) is 0 Å². The largest absolute Gasteiger partial charge is 0.243 e. The Morgan fingerprint density at radius 1 is 0.962 bits per heavy atom. The molecule has 2 aromatic rings. The predicted octanol–water partition coefficient (Wildman–Crippen LogP) is 4.17. The summed E-state index contributed by atoms with van der Waals surface area (Å²) in [4.78, 5) is 0.0994. The average molecular weight is 436 g/mol. The van der Waals surface area contributed by atoms with Crippen LogP contribution in [0.3, 0.4) is 0 Å². The minimum absolute atomic E-state index is 0.00647. The van der Waals surface area contributed by atoms with Gasteiger partial charge in [0.05, 0.1) is 15.5 Å². The molecule has 9 heteroatoms. The summed E-state index contributed by atoms with van der Waals surface area (Å²) in [6, 6.07) is 9.54. The van der Waals surface area contributed by atoms with Crippen molar-refractivity contribution in [3.05, 3.63) is 58.1 Å². The van der Waals surface area contributed by atoms with E-state index < -0.39 is 25.9 Å². The zero-order valence-corrected chi connectivity index (χ0v) is 17.6. The lowest BCUT2D eigenvalue weighted by Crippen LogP contribution is -2.30. The summed E-state index contributed by atoms with van der Waals surface area (Å²) < 4.78 is 50.6. The summed E-state index contributed by atoms with van der Waals surface area (Å²) in [5, 5.41) is 0.834. The molecule has 0 spiro atoms. The first kappa shape index (κ1) is 21.2. The summed E-state index contributed by atoms with van der Waals surface area (Å²) in [7, 11) is -5.78. The number of rotatable bonds is 6. The first-order valence-corrected chi connectivity index (χ1v) is 11.6. The second-order valence-corrected chi connectivity index (χ2v) is 10.9. The molecule has 2 rings (SSSR count). The van der Waals surface area contributed by atoms with Crippen molar-refractivity contribution in [2.45, 2.75) is 29.7 Å². The number of sulfone groups is 1. The van der Waals surface area contributed by atoms with Gasteiger partial charge in [0.2, 0.25) is 10.0 Å². The van der Waals surface area contributed by atoms with Gasteiger partial charge in [-0.1, -0.05) is 36.2 Å². The first-order chi connectivity index (χ1) is 12.0. The minimum Gasteiger partial charge on any atom is -0.224 e. The van der Waals surface area contributed by atoms with E-state index in [1.165, 1.54) is 42.5 Å². The van der Waals surface area contributed by atoms with Crippen molar-refractivity contribution in [3.8, 4) is 0 Å². The molecule has 0 saturated heterocycles. The van der Waals surface area contributed by atoms with Crippen LogP contribution >= 0.6 is 23.2 Å². The van der Waals surface area contributed by atoms with Gasteiger partial charge in [-0.05, 0) is 48.9 Å². The first-order valence-electron chi connectivity index (χ1n) is 7.76. The van der Waals surface area contributed by atoms with E-state index in [1.54, 1.807) is 25.1 Å². The van der Waals surface area contributed by atoms with Gasteiger partial charge in [-0.3, -0.25) is 0 Å². The van der Waals surface area contributed by atoms with Crippen LogP contribution in [0.1, 0.15) is 25.5 Å². The van der Waals surface area contributed by atoms with Crippen LogP contribution in [0, 0.1) is 0 Å². The van der Waals surface area contributed by atoms with E-state index in [4.69, 9.17) is 23.2 Å². The van der Waals surface area contributed by atoms with Gasteiger partial charge in [-0.15, -0.1) is 0 Å². The van der Waals surface area contributed by atoms with Crippen LogP contribution in [0.5, 0.6) is 0 Å². The van der Waals surface area contributed by atoms with Gasteiger partial charge in [0.1, 0.15) is 0 Å². The van der Waals surface area contributed by atoms with Crippen LogP contribution < -0.4 is 0 Å². The molecule has 0 aliphatic carbocycles. The number of hydrogen-bond acceptors (Lipinski definition) is 4. The molecule has 0 saturated carbocycles. The van der Waals surface area contributed by atoms with Gasteiger partial charge in [0.15, 0.2) is 9.84 Å². The number of nitrogens with zero attached hydrogens (tertiary/aromatic N) is 1. The Bertz CT molecular complexity index is 1000. The average Bonchev–Trinajstić information content (AvgIpc) is 2.60. The molecule has 0 radical (unpaired) electrons. The maximum Gasteiger partial charge on any atom is 0.243 e. The quantitative estimate of drug-likeness (QED) is 0.682. The van der Waals surface area contributed by atoms with Gasteiger partial charge in [0.25, 0.3) is 0 Å². The van der Waals surface area contributed by atoms with Crippen LogP contribution in [0.4, 0.5) is 0 Å². The zero-order chi connectivity index (χ0) is 19.7. The molecule has 5 nitrogen and oxygen atoms in total. The number of benzene rings is 2. The molecule has 2 aromatic carbocycles. The Morgan fingerprint density at radius 3 is 2.00 bits per heavy atom. The molecule has 0 aliphatic heterocycles. The van der Waals surface area contributed by atoms with Gasteiger partial charge in [-0.25, -0.2) is 16.8 Å². The van der Waals surface area contributed by atoms with Crippen LogP contribution in [-0.2, 0) is 19.9 Å². The lowest BCUT2D eigenvalue weighted by molar-refractivity contribution is 0.398. The molecule has 0 bridgehead atoms. The summed E-state index contributed by atoms with van der Waals surface area (Å²) in [5.74, 6) is -0.0505. The molecule has 1 unspecified atom stereocenters. The van der Waals surface area contributed by atoms with E-state index >= 15 is 0 Å². The third-order valence-electron chi connectivity index (χ3n) is 4.20. The van der Waals surface area contributed by atoms with Crippen LogP contribution in [-0.4, -0.2) is 33.9 Å². The van der Waals surface area contributed by atoms with Gasteiger partial charge in [0, 0.05) is 23.1 Å². The fraction of sp³-hybridized carbons (Fsp3) is 0.294. The van der Waals surface area contributed by atoms with Crippen LogP contribution in [0.2, 0.25) is 10.0 Å². The van der Waals surface area contributed by atoms with Crippen molar-refractivity contribution in [2.75, 3.05) is 12.8 Å². The van der Waals surface area contributed by atoms with E-state index in [0.29, 0.717) is 15.6 Å². The second-order valence-electron chi connectivity index (χ2n) is 5.74. The summed E-state index contributed by atoms with van der Waals surface area (Å²) >= 11 is 12.1.